The molecule has 0 fully saturated rings. The lowest BCUT2D eigenvalue weighted by Gasteiger charge is -2.16. The first-order valence-electron chi connectivity index (χ1n) is 8.06. The van der Waals surface area contributed by atoms with E-state index in [9.17, 15) is 26.4 Å². The maximum atomic E-state index is 12.8. The predicted molar refractivity (Wildman–Crippen MR) is 97.8 cm³/mol. The van der Waals surface area contributed by atoms with Gasteiger partial charge < -0.3 is 5.32 Å². The molecular formula is C19H17F3N2O3S. The molecule has 0 unspecified atom stereocenters. The quantitative estimate of drug-likeness (QED) is 0.719. The average molecular weight is 410 g/mol. The topological polar surface area (TPSA) is 75.3 Å². The monoisotopic (exact) mass is 410 g/mol. The van der Waals surface area contributed by atoms with E-state index in [1.807, 2.05) is 0 Å². The highest BCUT2D eigenvalue weighted by Gasteiger charge is 2.30. The third kappa shape index (κ3) is 5.34. The summed E-state index contributed by atoms with van der Waals surface area (Å²) in [4.78, 5) is 12.3. The van der Waals surface area contributed by atoms with Gasteiger partial charge in [-0.1, -0.05) is 24.1 Å². The van der Waals surface area contributed by atoms with Crippen LogP contribution in [0.25, 0.3) is 0 Å². The Morgan fingerprint density at radius 2 is 1.86 bits per heavy atom. The summed E-state index contributed by atoms with van der Waals surface area (Å²) in [5.74, 6) is 1.51. The van der Waals surface area contributed by atoms with Gasteiger partial charge in [0.05, 0.1) is 23.0 Å². The largest absolute Gasteiger partial charge is 0.416 e. The van der Waals surface area contributed by atoms with Crippen LogP contribution in [-0.2, 0) is 16.2 Å². The van der Waals surface area contributed by atoms with E-state index in [4.69, 9.17) is 6.42 Å². The minimum atomic E-state index is -4.49. The molecule has 5 nitrogen and oxygen atoms in total. The maximum absolute atomic E-state index is 12.8. The summed E-state index contributed by atoms with van der Waals surface area (Å²) >= 11 is 0. The molecule has 0 aliphatic rings. The van der Waals surface area contributed by atoms with Crippen LogP contribution in [0.5, 0.6) is 0 Å². The van der Waals surface area contributed by atoms with Crippen molar-refractivity contribution in [2.24, 2.45) is 0 Å². The number of carbonyl (C=O) groups is 1. The van der Waals surface area contributed by atoms with Crippen molar-refractivity contribution < 1.29 is 26.4 Å². The van der Waals surface area contributed by atoms with Crippen LogP contribution in [-0.4, -0.2) is 20.9 Å². The molecule has 0 bridgehead atoms. The molecule has 0 saturated carbocycles. The molecule has 1 amide bonds. The first kappa shape index (κ1) is 21.5. The van der Waals surface area contributed by atoms with Crippen molar-refractivity contribution in [3.8, 4) is 12.3 Å². The van der Waals surface area contributed by atoms with Crippen molar-refractivity contribution in [1.29, 1.82) is 0 Å². The summed E-state index contributed by atoms with van der Waals surface area (Å²) in [5, 5.41) is 2.56. The molecule has 0 radical (unpaired) electrons. The lowest BCUT2D eigenvalue weighted by Crippen LogP contribution is -2.28. The van der Waals surface area contributed by atoms with Crippen LogP contribution in [0.4, 0.5) is 13.2 Å². The van der Waals surface area contributed by atoms with Crippen molar-refractivity contribution >= 4 is 15.9 Å². The van der Waals surface area contributed by atoms with E-state index < -0.39 is 33.7 Å². The number of hydrogen-bond acceptors (Lipinski definition) is 3. The van der Waals surface area contributed by atoms with Crippen LogP contribution in [0.1, 0.15) is 34.5 Å². The van der Waals surface area contributed by atoms with Crippen molar-refractivity contribution in [2.75, 3.05) is 6.54 Å². The third-order valence-electron chi connectivity index (χ3n) is 3.83. The van der Waals surface area contributed by atoms with Gasteiger partial charge in [0.15, 0.2) is 0 Å². The van der Waals surface area contributed by atoms with Crippen LogP contribution in [0, 0.1) is 12.3 Å². The highest BCUT2D eigenvalue weighted by atomic mass is 32.2. The van der Waals surface area contributed by atoms with Crippen molar-refractivity contribution in [1.82, 2.24) is 10.0 Å². The second-order valence-corrected chi connectivity index (χ2v) is 7.64. The van der Waals surface area contributed by atoms with Gasteiger partial charge in [0.25, 0.3) is 5.91 Å². The van der Waals surface area contributed by atoms with Gasteiger partial charge in [0.1, 0.15) is 0 Å². The molecule has 148 valence electrons. The molecule has 9 heteroatoms. The second-order valence-electron chi connectivity index (χ2n) is 5.87. The van der Waals surface area contributed by atoms with Gasteiger partial charge in [0.2, 0.25) is 10.0 Å². The highest BCUT2D eigenvalue weighted by molar-refractivity contribution is 7.89. The number of benzene rings is 2. The minimum absolute atomic E-state index is 0.0439. The molecule has 2 aromatic carbocycles. The van der Waals surface area contributed by atoms with E-state index in [1.54, 1.807) is 0 Å². The maximum Gasteiger partial charge on any atom is 0.416 e. The van der Waals surface area contributed by atoms with Crippen LogP contribution < -0.4 is 10.0 Å². The summed E-state index contributed by atoms with van der Waals surface area (Å²) in [6.45, 7) is 1.33. The number of alkyl halides is 3. The van der Waals surface area contributed by atoms with Crippen LogP contribution in [0.2, 0.25) is 0 Å². The number of carbonyl (C=O) groups excluding carboxylic acids is 1. The van der Waals surface area contributed by atoms with E-state index in [0.717, 1.165) is 18.2 Å². The Morgan fingerprint density at radius 3 is 2.50 bits per heavy atom. The van der Waals surface area contributed by atoms with Crippen molar-refractivity contribution in [3.63, 3.8) is 0 Å². The number of rotatable bonds is 6. The first-order chi connectivity index (χ1) is 13.0. The van der Waals surface area contributed by atoms with E-state index >= 15 is 0 Å². The Bertz CT molecular complexity index is 1010. The zero-order chi connectivity index (χ0) is 20.9. The van der Waals surface area contributed by atoms with Gasteiger partial charge in [-0.3, -0.25) is 4.79 Å². The molecule has 2 N–H and O–H groups in total. The van der Waals surface area contributed by atoms with Gasteiger partial charge in [-0.2, -0.15) is 17.9 Å². The molecule has 0 spiro atoms. The fourth-order valence-electron chi connectivity index (χ4n) is 2.37. The molecule has 0 aliphatic heterocycles. The second kappa shape index (κ2) is 8.46. The van der Waals surface area contributed by atoms with Crippen LogP contribution in [0.3, 0.4) is 0 Å². The van der Waals surface area contributed by atoms with Gasteiger partial charge in [-0.25, -0.2) is 8.42 Å². The number of terminal acetylenes is 1. The molecule has 2 rings (SSSR count). The van der Waals surface area contributed by atoms with Crippen molar-refractivity contribution in [3.05, 3.63) is 65.2 Å². The van der Waals surface area contributed by atoms with Gasteiger partial charge >= 0.3 is 6.18 Å². The Labute approximate surface area is 161 Å². The Hall–Kier alpha value is -2.83. The number of nitrogens with one attached hydrogen (secondary N) is 2. The SMILES string of the molecule is C#CCNS(=O)(=O)c1cccc(C(=O)N[C@H](C)c2cccc(C(F)(F)F)c2)c1. The third-order valence-corrected chi connectivity index (χ3v) is 5.23. The molecule has 2 aromatic rings. The smallest absolute Gasteiger partial charge is 0.346 e. The molecule has 0 saturated heterocycles. The van der Waals surface area contributed by atoms with Crippen LogP contribution >= 0.6 is 0 Å². The van der Waals surface area contributed by atoms with E-state index in [-0.39, 0.29) is 22.6 Å². The van der Waals surface area contributed by atoms with E-state index in [1.165, 1.54) is 37.3 Å². The molecular weight excluding hydrogens is 393 g/mol. The van der Waals surface area contributed by atoms with Gasteiger partial charge in [-0.15, -0.1) is 6.42 Å². The predicted octanol–water partition coefficient (Wildman–Crippen LogP) is 3.11. The Kier molecular flexibility index (Phi) is 6.48. The number of amides is 1. The fraction of sp³-hybridized carbons (Fsp3) is 0.211. The zero-order valence-corrected chi connectivity index (χ0v) is 15.6. The minimum Gasteiger partial charge on any atom is -0.346 e. The average Bonchev–Trinajstić information content (AvgIpc) is 2.66. The van der Waals surface area contributed by atoms with Crippen molar-refractivity contribution in [2.45, 2.75) is 24.0 Å². The summed E-state index contributed by atoms with van der Waals surface area (Å²) in [7, 11) is -3.88. The zero-order valence-electron chi connectivity index (χ0n) is 14.7. The van der Waals surface area contributed by atoms with Gasteiger partial charge in [-0.05, 0) is 42.8 Å². The molecule has 28 heavy (non-hydrogen) atoms. The molecule has 1 atom stereocenters. The summed E-state index contributed by atoms with van der Waals surface area (Å²) < 4.78 is 64.9. The van der Waals surface area contributed by atoms with E-state index in [2.05, 4.69) is 16.0 Å². The Morgan fingerprint density at radius 1 is 1.18 bits per heavy atom. The molecule has 0 heterocycles. The standard InChI is InChI=1S/C19H17F3N2O3S/c1-3-10-23-28(26,27)17-9-5-7-15(12-17)18(25)24-13(2)14-6-4-8-16(11-14)19(20,21)22/h1,4-9,11-13,23H,10H2,2H3,(H,24,25)/t13-/m1/s1. The summed E-state index contributed by atoms with van der Waals surface area (Å²) in [5.41, 5.74) is -0.510. The van der Waals surface area contributed by atoms with Crippen LogP contribution in [0.15, 0.2) is 53.4 Å². The lowest BCUT2D eigenvalue weighted by molar-refractivity contribution is -0.137. The summed E-state index contributed by atoms with van der Waals surface area (Å²) in [6.07, 6.45) is 0.536. The normalized spacial score (nSPS) is 12.8. The van der Waals surface area contributed by atoms with E-state index in [0.29, 0.717) is 0 Å². The Balaban J connectivity index is 2.20. The molecule has 0 aromatic heterocycles. The molecule has 0 aliphatic carbocycles. The first-order valence-corrected chi connectivity index (χ1v) is 9.54. The number of halogens is 3. The van der Waals surface area contributed by atoms with Gasteiger partial charge in [0, 0.05) is 5.56 Å². The number of sulfonamides is 1. The number of hydrogen-bond donors (Lipinski definition) is 2. The highest BCUT2D eigenvalue weighted by Crippen LogP contribution is 2.30. The summed E-state index contributed by atoms with van der Waals surface area (Å²) in [6, 6.07) is 9.12. The fourth-order valence-corrected chi connectivity index (χ4v) is 3.35. The lowest BCUT2D eigenvalue weighted by atomic mass is 10.0.